The molecule has 0 aliphatic rings. The predicted octanol–water partition coefficient (Wildman–Crippen LogP) is 6.03. The van der Waals surface area contributed by atoms with Crippen LogP contribution in [0.2, 0.25) is 0 Å². The second kappa shape index (κ2) is 8.84. The summed E-state index contributed by atoms with van der Waals surface area (Å²) in [7, 11) is 1.63. The number of carbonyl (C=O) groups excluding carboxylic acids is 1. The summed E-state index contributed by atoms with van der Waals surface area (Å²) in [5.41, 5.74) is 3.63. The molecule has 0 spiro atoms. The van der Waals surface area contributed by atoms with Gasteiger partial charge in [-0.2, -0.15) is 0 Å². The summed E-state index contributed by atoms with van der Waals surface area (Å²) in [5.74, 6) is -0.182. The Morgan fingerprint density at radius 3 is 2.10 bits per heavy atom. The first kappa shape index (κ1) is 20.4. The minimum Gasteiger partial charge on any atom is -0.497 e. The topological polar surface area (TPSA) is 63.6 Å². The first-order valence-corrected chi connectivity index (χ1v) is 10.1. The second-order valence-electron chi connectivity index (χ2n) is 7.36. The number of ketones is 1. The Labute approximate surface area is 180 Å². The average molecular weight is 410 g/mol. The standard InChI is InChI=1S/C27H22O4/c1-31-23-15-12-19(13-16-23)18-6-9-21(10-7-18)25(28)17-14-22-11-8-20-4-2-3-5-24(20)26(22)27(29)30/h2-13,15-16H,14,17H2,1H3,(H,29,30). The molecule has 0 aliphatic carbocycles. The predicted molar refractivity (Wildman–Crippen MR) is 122 cm³/mol. The van der Waals surface area contributed by atoms with Crippen molar-refractivity contribution in [2.75, 3.05) is 7.11 Å². The van der Waals surface area contributed by atoms with Gasteiger partial charge in [0.25, 0.3) is 0 Å². The molecule has 0 atom stereocenters. The Morgan fingerprint density at radius 1 is 0.806 bits per heavy atom. The molecule has 0 amide bonds. The molecule has 4 aromatic rings. The highest BCUT2D eigenvalue weighted by atomic mass is 16.5. The van der Waals surface area contributed by atoms with Crippen LogP contribution in [-0.4, -0.2) is 24.0 Å². The molecule has 4 rings (SSSR count). The summed E-state index contributed by atoms with van der Waals surface area (Å²) in [6, 6.07) is 26.4. The SMILES string of the molecule is COc1ccc(-c2ccc(C(=O)CCc3ccc4ccccc4c3C(=O)O)cc2)cc1. The van der Waals surface area contributed by atoms with E-state index in [1.54, 1.807) is 7.11 Å². The maximum atomic E-state index is 12.7. The summed E-state index contributed by atoms with van der Waals surface area (Å²) in [6.45, 7) is 0. The van der Waals surface area contributed by atoms with Gasteiger partial charge in [0.2, 0.25) is 0 Å². The van der Waals surface area contributed by atoms with Gasteiger partial charge in [-0.15, -0.1) is 0 Å². The number of carbonyl (C=O) groups is 2. The lowest BCUT2D eigenvalue weighted by atomic mass is 9.94. The summed E-state index contributed by atoms with van der Waals surface area (Å²) >= 11 is 0. The molecule has 0 saturated carbocycles. The zero-order valence-electron chi connectivity index (χ0n) is 17.2. The highest BCUT2D eigenvalue weighted by Gasteiger charge is 2.16. The number of benzene rings is 4. The third-order valence-electron chi connectivity index (χ3n) is 5.48. The monoisotopic (exact) mass is 410 g/mol. The first-order valence-electron chi connectivity index (χ1n) is 10.1. The quantitative estimate of drug-likeness (QED) is 0.378. The number of Topliss-reactive ketones (excluding diaryl/α,β-unsaturated/α-hetero) is 1. The van der Waals surface area contributed by atoms with Crippen LogP contribution < -0.4 is 4.74 Å². The molecule has 1 N–H and O–H groups in total. The smallest absolute Gasteiger partial charge is 0.336 e. The van der Waals surface area contributed by atoms with Crippen LogP contribution in [0.5, 0.6) is 5.75 Å². The normalized spacial score (nSPS) is 10.7. The number of rotatable bonds is 7. The van der Waals surface area contributed by atoms with Crippen LogP contribution in [0, 0.1) is 0 Å². The maximum absolute atomic E-state index is 12.7. The number of carboxylic acid groups (broad SMARTS) is 1. The van der Waals surface area contributed by atoms with Gasteiger partial charge < -0.3 is 9.84 Å². The Bertz CT molecular complexity index is 1240. The summed E-state index contributed by atoms with van der Waals surface area (Å²) < 4.78 is 5.18. The highest BCUT2D eigenvalue weighted by Crippen LogP contribution is 2.25. The largest absolute Gasteiger partial charge is 0.497 e. The van der Waals surface area contributed by atoms with E-state index in [-0.39, 0.29) is 17.8 Å². The fraction of sp³-hybridized carbons (Fsp3) is 0.111. The molecule has 0 radical (unpaired) electrons. The van der Waals surface area contributed by atoms with Crippen LogP contribution in [-0.2, 0) is 6.42 Å². The number of hydrogen-bond acceptors (Lipinski definition) is 3. The number of aromatic carboxylic acids is 1. The van der Waals surface area contributed by atoms with Gasteiger partial charge >= 0.3 is 5.97 Å². The van der Waals surface area contributed by atoms with Gasteiger partial charge in [-0.05, 0) is 46.0 Å². The van der Waals surface area contributed by atoms with Gasteiger partial charge in [0.1, 0.15) is 5.75 Å². The van der Waals surface area contributed by atoms with Crippen LogP contribution in [0.4, 0.5) is 0 Å². The molecule has 4 nitrogen and oxygen atoms in total. The molecule has 0 heterocycles. The highest BCUT2D eigenvalue weighted by molar-refractivity contribution is 6.05. The van der Waals surface area contributed by atoms with Crippen molar-refractivity contribution in [1.29, 1.82) is 0 Å². The van der Waals surface area contributed by atoms with Gasteiger partial charge in [0, 0.05) is 12.0 Å². The lowest BCUT2D eigenvalue weighted by Crippen LogP contribution is -2.07. The number of methoxy groups -OCH3 is 1. The summed E-state index contributed by atoms with van der Waals surface area (Å²) in [5, 5.41) is 11.3. The van der Waals surface area contributed by atoms with Crippen molar-refractivity contribution >= 4 is 22.5 Å². The van der Waals surface area contributed by atoms with Gasteiger partial charge in [0.05, 0.1) is 12.7 Å². The molecule has 4 aromatic carbocycles. The zero-order valence-corrected chi connectivity index (χ0v) is 17.2. The molecule has 0 unspecified atom stereocenters. The minimum absolute atomic E-state index is 0.00854. The molecule has 0 aliphatic heterocycles. The second-order valence-corrected chi connectivity index (χ2v) is 7.36. The average Bonchev–Trinajstić information content (AvgIpc) is 2.82. The van der Waals surface area contributed by atoms with Crippen molar-refractivity contribution in [2.45, 2.75) is 12.8 Å². The molecule has 0 saturated heterocycles. The maximum Gasteiger partial charge on any atom is 0.336 e. The molecular weight excluding hydrogens is 388 g/mol. The minimum atomic E-state index is -0.969. The van der Waals surface area contributed by atoms with E-state index in [2.05, 4.69) is 0 Å². The summed E-state index contributed by atoms with van der Waals surface area (Å²) in [4.78, 5) is 24.6. The summed E-state index contributed by atoms with van der Waals surface area (Å²) in [6.07, 6.45) is 0.631. The van der Waals surface area contributed by atoms with E-state index in [0.29, 0.717) is 22.9 Å². The Kier molecular flexibility index (Phi) is 5.80. The van der Waals surface area contributed by atoms with Gasteiger partial charge in [-0.3, -0.25) is 4.79 Å². The Morgan fingerprint density at radius 2 is 1.45 bits per heavy atom. The van der Waals surface area contributed by atoms with Crippen molar-refractivity contribution in [3.63, 3.8) is 0 Å². The third-order valence-corrected chi connectivity index (χ3v) is 5.48. The van der Waals surface area contributed by atoms with Crippen LogP contribution in [0.3, 0.4) is 0 Å². The van der Waals surface area contributed by atoms with Crippen molar-refractivity contribution in [3.8, 4) is 16.9 Å². The number of fused-ring (bicyclic) bond motifs is 1. The fourth-order valence-corrected chi connectivity index (χ4v) is 3.80. The number of carboxylic acids is 1. The van der Waals surface area contributed by atoms with E-state index < -0.39 is 5.97 Å². The number of hydrogen-bond donors (Lipinski definition) is 1. The third kappa shape index (κ3) is 4.33. The van der Waals surface area contributed by atoms with Crippen molar-refractivity contribution < 1.29 is 19.4 Å². The molecule has 0 bridgehead atoms. The molecule has 4 heteroatoms. The fourth-order valence-electron chi connectivity index (χ4n) is 3.80. The van der Waals surface area contributed by atoms with Crippen molar-refractivity contribution in [2.24, 2.45) is 0 Å². The van der Waals surface area contributed by atoms with E-state index in [1.165, 1.54) is 0 Å². The first-order chi connectivity index (χ1) is 15.1. The zero-order chi connectivity index (χ0) is 21.8. The van der Waals surface area contributed by atoms with E-state index in [0.717, 1.165) is 22.3 Å². The van der Waals surface area contributed by atoms with Crippen LogP contribution in [0.1, 0.15) is 32.7 Å². The van der Waals surface area contributed by atoms with Gasteiger partial charge in [-0.1, -0.05) is 72.8 Å². The van der Waals surface area contributed by atoms with E-state index in [9.17, 15) is 14.7 Å². The van der Waals surface area contributed by atoms with Crippen LogP contribution >= 0.6 is 0 Å². The lowest BCUT2D eigenvalue weighted by Gasteiger charge is -2.10. The molecule has 0 aromatic heterocycles. The van der Waals surface area contributed by atoms with Gasteiger partial charge in [0.15, 0.2) is 5.78 Å². The Hall–Kier alpha value is -3.92. The molecule has 31 heavy (non-hydrogen) atoms. The van der Waals surface area contributed by atoms with E-state index in [1.807, 2.05) is 84.9 Å². The number of aryl methyl sites for hydroxylation is 1. The molecule has 0 fully saturated rings. The van der Waals surface area contributed by atoms with Crippen LogP contribution in [0.15, 0.2) is 84.9 Å². The Balaban J connectivity index is 1.50. The molecule has 154 valence electrons. The van der Waals surface area contributed by atoms with Crippen molar-refractivity contribution in [1.82, 2.24) is 0 Å². The van der Waals surface area contributed by atoms with Crippen LogP contribution in [0.25, 0.3) is 21.9 Å². The molecular formula is C27H22O4. The van der Waals surface area contributed by atoms with Gasteiger partial charge in [-0.25, -0.2) is 4.79 Å². The number of ether oxygens (including phenoxy) is 1. The van der Waals surface area contributed by atoms with E-state index in [4.69, 9.17) is 4.74 Å². The van der Waals surface area contributed by atoms with Crippen molar-refractivity contribution in [3.05, 3.63) is 102 Å². The lowest BCUT2D eigenvalue weighted by molar-refractivity contribution is 0.0697. The van der Waals surface area contributed by atoms with E-state index >= 15 is 0 Å².